The first-order valence-corrected chi connectivity index (χ1v) is 9.60. The molecule has 3 heteroatoms. The predicted molar refractivity (Wildman–Crippen MR) is 91.3 cm³/mol. The van der Waals surface area contributed by atoms with E-state index in [1.165, 1.54) is 63.9 Å². The summed E-state index contributed by atoms with van der Waals surface area (Å²) >= 11 is 2.14. The normalized spacial score (nSPS) is 35.7. The van der Waals surface area contributed by atoms with Crippen molar-refractivity contribution >= 4 is 11.8 Å². The molecule has 0 aromatic carbocycles. The maximum atomic E-state index is 6.42. The van der Waals surface area contributed by atoms with E-state index < -0.39 is 0 Å². The Hall–Kier alpha value is 0.270. The molecule has 2 rings (SSSR count). The van der Waals surface area contributed by atoms with Gasteiger partial charge in [0.1, 0.15) is 0 Å². The van der Waals surface area contributed by atoms with Gasteiger partial charge in [0.25, 0.3) is 0 Å². The van der Waals surface area contributed by atoms with Gasteiger partial charge in [-0.1, -0.05) is 33.6 Å². The Morgan fingerprint density at radius 2 is 2.05 bits per heavy atom. The molecule has 3 unspecified atom stereocenters. The van der Waals surface area contributed by atoms with Crippen LogP contribution in [0.3, 0.4) is 0 Å². The summed E-state index contributed by atoms with van der Waals surface area (Å²) in [5.74, 6) is 2.97. The second-order valence-electron chi connectivity index (χ2n) is 7.55. The van der Waals surface area contributed by atoms with Crippen molar-refractivity contribution in [3.63, 3.8) is 0 Å². The van der Waals surface area contributed by atoms with Gasteiger partial charge in [0.05, 0.1) is 0 Å². The summed E-state index contributed by atoms with van der Waals surface area (Å²) in [5, 5.41) is 0. The molecule has 0 aromatic rings. The molecule has 0 spiro atoms. The van der Waals surface area contributed by atoms with Gasteiger partial charge >= 0.3 is 0 Å². The Labute approximate surface area is 130 Å². The average molecular weight is 299 g/mol. The van der Waals surface area contributed by atoms with Gasteiger partial charge in [-0.3, -0.25) is 0 Å². The molecule has 0 radical (unpaired) electrons. The van der Waals surface area contributed by atoms with Crippen molar-refractivity contribution in [2.45, 2.75) is 70.1 Å². The van der Waals surface area contributed by atoms with Crippen LogP contribution < -0.4 is 5.73 Å². The Morgan fingerprint density at radius 1 is 1.25 bits per heavy atom. The first kappa shape index (κ1) is 16.6. The van der Waals surface area contributed by atoms with Crippen LogP contribution in [0.2, 0.25) is 0 Å². The second-order valence-corrected chi connectivity index (χ2v) is 9.35. The highest BCUT2D eigenvalue weighted by Gasteiger charge is 2.30. The van der Waals surface area contributed by atoms with Crippen molar-refractivity contribution in [3.8, 4) is 0 Å². The summed E-state index contributed by atoms with van der Waals surface area (Å²) in [7, 11) is 0. The van der Waals surface area contributed by atoms with Crippen LogP contribution in [0.25, 0.3) is 0 Å². The van der Waals surface area contributed by atoms with Crippen molar-refractivity contribution in [1.29, 1.82) is 0 Å². The molecule has 2 fully saturated rings. The van der Waals surface area contributed by atoms with Gasteiger partial charge < -0.3 is 10.6 Å². The number of hydrogen-bond donors (Lipinski definition) is 1. The third kappa shape index (κ3) is 4.92. The highest BCUT2D eigenvalue weighted by Crippen LogP contribution is 2.34. The Balaban J connectivity index is 1.84. The average Bonchev–Trinajstić information content (AvgIpc) is 2.55. The topological polar surface area (TPSA) is 29.3 Å². The van der Waals surface area contributed by atoms with Gasteiger partial charge in [0.15, 0.2) is 0 Å². The van der Waals surface area contributed by atoms with Gasteiger partial charge in [-0.25, -0.2) is 0 Å². The first-order valence-electron chi connectivity index (χ1n) is 8.62. The molecule has 3 atom stereocenters. The fourth-order valence-electron chi connectivity index (χ4n) is 3.84. The number of rotatable bonds is 4. The van der Waals surface area contributed by atoms with Crippen molar-refractivity contribution < 1.29 is 0 Å². The standard InChI is InChI=1S/C17H34N2S/c1-4-5-14-6-7-16(18)15(12-14)13-19-9-8-17(2,3)20-11-10-19/h14-16H,4-13,18H2,1-3H3. The van der Waals surface area contributed by atoms with Gasteiger partial charge in [-0.05, 0) is 44.1 Å². The molecule has 0 amide bonds. The van der Waals surface area contributed by atoms with E-state index in [1.807, 2.05) is 0 Å². The van der Waals surface area contributed by atoms with Gasteiger partial charge in [-0.2, -0.15) is 11.8 Å². The maximum Gasteiger partial charge on any atom is 0.0116 e. The highest BCUT2D eigenvalue weighted by molar-refractivity contribution is 8.00. The van der Waals surface area contributed by atoms with Gasteiger partial charge in [-0.15, -0.1) is 0 Å². The van der Waals surface area contributed by atoms with Crippen molar-refractivity contribution in [2.24, 2.45) is 17.6 Å². The molecule has 2 aliphatic rings. The molecule has 20 heavy (non-hydrogen) atoms. The molecule has 1 aliphatic carbocycles. The largest absolute Gasteiger partial charge is 0.327 e. The van der Waals surface area contributed by atoms with E-state index in [2.05, 4.69) is 37.4 Å². The summed E-state index contributed by atoms with van der Waals surface area (Å²) in [6, 6.07) is 0.451. The molecule has 1 aliphatic heterocycles. The number of nitrogens with two attached hydrogens (primary N) is 1. The molecule has 118 valence electrons. The lowest BCUT2D eigenvalue weighted by atomic mass is 9.76. The summed E-state index contributed by atoms with van der Waals surface area (Å²) in [5.41, 5.74) is 6.42. The number of thioether (sulfide) groups is 1. The SMILES string of the molecule is CCCC1CCC(N)C(CN2CCSC(C)(C)CC2)C1. The quantitative estimate of drug-likeness (QED) is 0.857. The van der Waals surface area contributed by atoms with Crippen LogP contribution in [0.15, 0.2) is 0 Å². The van der Waals surface area contributed by atoms with Crippen LogP contribution in [0.4, 0.5) is 0 Å². The van der Waals surface area contributed by atoms with Crippen molar-refractivity contribution in [2.75, 3.05) is 25.4 Å². The van der Waals surface area contributed by atoms with E-state index in [-0.39, 0.29) is 0 Å². The summed E-state index contributed by atoms with van der Waals surface area (Å²) in [4.78, 5) is 2.70. The highest BCUT2D eigenvalue weighted by atomic mass is 32.2. The minimum Gasteiger partial charge on any atom is -0.327 e. The lowest BCUT2D eigenvalue weighted by Gasteiger charge is -2.37. The Kier molecular flexibility index (Phi) is 6.25. The van der Waals surface area contributed by atoms with Crippen LogP contribution in [0.5, 0.6) is 0 Å². The molecule has 2 nitrogen and oxygen atoms in total. The van der Waals surface area contributed by atoms with E-state index in [9.17, 15) is 0 Å². The molecular formula is C17H34N2S. The predicted octanol–water partition coefficient (Wildman–Crippen LogP) is 3.75. The molecular weight excluding hydrogens is 264 g/mol. The zero-order valence-corrected chi connectivity index (χ0v) is 14.6. The first-order chi connectivity index (χ1) is 9.50. The molecule has 0 aromatic heterocycles. The van der Waals surface area contributed by atoms with Gasteiger partial charge in [0, 0.05) is 29.6 Å². The minimum absolute atomic E-state index is 0.451. The fourth-order valence-corrected chi connectivity index (χ4v) is 4.98. The van der Waals surface area contributed by atoms with E-state index >= 15 is 0 Å². The second kappa shape index (κ2) is 7.51. The smallest absolute Gasteiger partial charge is 0.0116 e. The fraction of sp³-hybridized carbons (Fsp3) is 1.00. The zero-order valence-electron chi connectivity index (χ0n) is 13.7. The summed E-state index contributed by atoms with van der Waals surface area (Å²) in [6.07, 6.45) is 8.06. The van der Waals surface area contributed by atoms with E-state index in [0.717, 1.165) is 11.8 Å². The zero-order chi connectivity index (χ0) is 14.6. The maximum absolute atomic E-state index is 6.42. The summed E-state index contributed by atoms with van der Waals surface area (Å²) < 4.78 is 0.466. The Bertz CT molecular complexity index is 293. The molecule has 1 heterocycles. The van der Waals surface area contributed by atoms with E-state index in [4.69, 9.17) is 5.73 Å². The number of hydrogen-bond acceptors (Lipinski definition) is 3. The minimum atomic E-state index is 0.451. The van der Waals surface area contributed by atoms with Crippen molar-refractivity contribution in [3.05, 3.63) is 0 Å². The molecule has 1 saturated carbocycles. The molecule has 2 N–H and O–H groups in total. The molecule has 1 saturated heterocycles. The Morgan fingerprint density at radius 3 is 2.80 bits per heavy atom. The van der Waals surface area contributed by atoms with Crippen LogP contribution in [-0.4, -0.2) is 41.1 Å². The van der Waals surface area contributed by atoms with Crippen LogP contribution in [-0.2, 0) is 0 Å². The van der Waals surface area contributed by atoms with E-state index in [0.29, 0.717) is 10.8 Å². The monoisotopic (exact) mass is 298 g/mol. The van der Waals surface area contributed by atoms with Crippen LogP contribution >= 0.6 is 11.8 Å². The van der Waals surface area contributed by atoms with Gasteiger partial charge in [0.2, 0.25) is 0 Å². The third-order valence-electron chi connectivity index (χ3n) is 5.27. The van der Waals surface area contributed by atoms with Crippen LogP contribution in [0, 0.1) is 11.8 Å². The lowest BCUT2D eigenvalue weighted by Crippen LogP contribution is -2.43. The molecule has 0 bridgehead atoms. The van der Waals surface area contributed by atoms with Crippen molar-refractivity contribution in [1.82, 2.24) is 4.90 Å². The van der Waals surface area contributed by atoms with Crippen LogP contribution in [0.1, 0.15) is 59.3 Å². The lowest BCUT2D eigenvalue weighted by molar-refractivity contribution is 0.155. The van der Waals surface area contributed by atoms with E-state index in [1.54, 1.807) is 0 Å². The summed E-state index contributed by atoms with van der Waals surface area (Å²) in [6.45, 7) is 10.9. The number of nitrogens with zero attached hydrogens (tertiary/aromatic N) is 1. The third-order valence-corrected chi connectivity index (χ3v) is 6.64.